The standard InChI is InChI=1S/C16H28N4O2/c1-13(18-10-14-11-20(2)8-9-22-14)15(21)19-16(12-17)6-4-3-5-7-16/h13-14,18H,3-11H2,1-2H3,(H,19,21)/t13-,14+/m1/s1. The highest BCUT2D eigenvalue weighted by molar-refractivity contribution is 5.82. The molecule has 22 heavy (non-hydrogen) atoms. The van der Waals surface area contributed by atoms with E-state index < -0.39 is 5.54 Å². The number of likely N-dealkylation sites (N-methyl/N-ethyl adjacent to an activating group) is 1. The van der Waals surface area contributed by atoms with Crippen molar-refractivity contribution in [3.8, 4) is 6.07 Å². The van der Waals surface area contributed by atoms with Crippen molar-refractivity contribution in [2.45, 2.75) is 56.7 Å². The Bertz CT molecular complexity index is 415. The summed E-state index contributed by atoms with van der Waals surface area (Å²) in [5, 5.41) is 15.6. The van der Waals surface area contributed by atoms with Gasteiger partial charge in [-0.1, -0.05) is 19.3 Å². The zero-order valence-corrected chi connectivity index (χ0v) is 13.7. The summed E-state index contributed by atoms with van der Waals surface area (Å²) in [4.78, 5) is 14.6. The number of hydrogen-bond acceptors (Lipinski definition) is 5. The van der Waals surface area contributed by atoms with Gasteiger partial charge in [-0.25, -0.2) is 0 Å². The van der Waals surface area contributed by atoms with E-state index in [4.69, 9.17) is 4.74 Å². The van der Waals surface area contributed by atoms with E-state index in [0.29, 0.717) is 6.54 Å². The quantitative estimate of drug-likeness (QED) is 0.779. The summed E-state index contributed by atoms with van der Waals surface area (Å²) >= 11 is 0. The maximum absolute atomic E-state index is 12.3. The monoisotopic (exact) mass is 308 g/mol. The van der Waals surface area contributed by atoms with Crippen LogP contribution >= 0.6 is 0 Å². The maximum Gasteiger partial charge on any atom is 0.238 e. The van der Waals surface area contributed by atoms with E-state index in [2.05, 4.69) is 28.7 Å². The first-order chi connectivity index (χ1) is 10.5. The first kappa shape index (κ1) is 17.2. The molecule has 2 atom stereocenters. The molecule has 2 fully saturated rings. The minimum Gasteiger partial charge on any atom is -0.374 e. The Morgan fingerprint density at radius 3 is 2.82 bits per heavy atom. The summed E-state index contributed by atoms with van der Waals surface area (Å²) in [6.07, 6.45) is 4.82. The molecular formula is C16H28N4O2. The predicted molar refractivity (Wildman–Crippen MR) is 84.3 cm³/mol. The first-order valence-electron chi connectivity index (χ1n) is 8.31. The Kier molecular flexibility index (Phi) is 6.18. The number of nitriles is 1. The third-order valence-electron chi connectivity index (χ3n) is 4.67. The van der Waals surface area contributed by atoms with Crippen LogP contribution in [0.2, 0.25) is 0 Å². The molecule has 2 rings (SSSR count). The molecule has 0 aromatic heterocycles. The van der Waals surface area contributed by atoms with Gasteiger partial charge in [0.25, 0.3) is 0 Å². The SMILES string of the molecule is C[C@@H](NC[C@H]1CN(C)CCO1)C(=O)NC1(C#N)CCCCC1. The van der Waals surface area contributed by atoms with Crippen LogP contribution in [-0.2, 0) is 9.53 Å². The summed E-state index contributed by atoms with van der Waals surface area (Å²) in [6.45, 7) is 5.07. The van der Waals surface area contributed by atoms with Gasteiger partial charge >= 0.3 is 0 Å². The molecular weight excluding hydrogens is 280 g/mol. The fourth-order valence-electron chi connectivity index (χ4n) is 3.16. The molecule has 1 saturated heterocycles. The van der Waals surface area contributed by atoms with Crippen LogP contribution in [0.3, 0.4) is 0 Å². The minimum atomic E-state index is -0.660. The Morgan fingerprint density at radius 2 is 2.18 bits per heavy atom. The number of rotatable bonds is 5. The zero-order valence-electron chi connectivity index (χ0n) is 13.7. The smallest absolute Gasteiger partial charge is 0.238 e. The van der Waals surface area contributed by atoms with E-state index in [-0.39, 0.29) is 18.1 Å². The largest absolute Gasteiger partial charge is 0.374 e. The molecule has 0 radical (unpaired) electrons. The van der Waals surface area contributed by atoms with Gasteiger partial charge in [-0.2, -0.15) is 5.26 Å². The number of morpholine rings is 1. The van der Waals surface area contributed by atoms with Crippen LogP contribution in [0.1, 0.15) is 39.0 Å². The van der Waals surface area contributed by atoms with Crippen molar-refractivity contribution in [2.75, 3.05) is 33.3 Å². The maximum atomic E-state index is 12.3. The number of ether oxygens (including phenoxy) is 1. The summed E-state index contributed by atoms with van der Waals surface area (Å²) in [6, 6.07) is 2.01. The summed E-state index contributed by atoms with van der Waals surface area (Å²) < 4.78 is 5.68. The second kappa shape index (κ2) is 7.91. The molecule has 6 nitrogen and oxygen atoms in total. The van der Waals surface area contributed by atoms with Crippen LogP contribution in [0, 0.1) is 11.3 Å². The van der Waals surface area contributed by atoms with Crippen molar-refractivity contribution in [3.05, 3.63) is 0 Å². The highest BCUT2D eigenvalue weighted by atomic mass is 16.5. The Morgan fingerprint density at radius 1 is 1.45 bits per heavy atom. The lowest BCUT2D eigenvalue weighted by molar-refractivity contribution is -0.124. The van der Waals surface area contributed by atoms with Crippen molar-refractivity contribution < 1.29 is 9.53 Å². The van der Waals surface area contributed by atoms with E-state index in [1.807, 2.05) is 6.92 Å². The van der Waals surface area contributed by atoms with Crippen molar-refractivity contribution in [1.82, 2.24) is 15.5 Å². The van der Waals surface area contributed by atoms with Crippen LogP contribution in [0.4, 0.5) is 0 Å². The van der Waals surface area contributed by atoms with E-state index in [9.17, 15) is 10.1 Å². The topological polar surface area (TPSA) is 77.4 Å². The lowest BCUT2D eigenvalue weighted by Gasteiger charge is -2.33. The summed E-state index contributed by atoms with van der Waals surface area (Å²) in [5.41, 5.74) is -0.660. The van der Waals surface area contributed by atoms with Gasteiger partial charge in [0.2, 0.25) is 5.91 Å². The molecule has 0 aromatic carbocycles. The number of amides is 1. The van der Waals surface area contributed by atoms with Gasteiger partial charge in [-0.3, -0.25) is 4.79 Å². The van der Waals surface area contributed by atoms with E-state index in [1.54, 1.807) is 0 Å². The molecule has 0 unspecified atom stereocenters. The molecule has 1 aliphatic carbocycles. The van der Waals surface area contributed by atoms with Crippen molar-refractivity contribution in [1.29, 1.82) is 5.26 Å². The lowest BCUT2D eigenvalue weighted by Crippen LogP contribution is -2.55. The van der Waals surface area contributed by atoms with Gasteiger partial charge in [0.05, 0.1) is 24.8 Å². The molecule has 0 aromatic rings. The number of hydrogen-bond donors (Lipinski definition) is 2. The van der Waals surface area contributed by atoms with Crippen molar-refractivity contribution >= 4 is 5.91 Å². The van der Waals surface area contributed by atoms with Crippen LogP contribution < -0.4 is 10.6 Å². The fourth-order valence-corrected chi connectivity index (χ4v) is 3.16. The number of nitrogens with zero attached hydrogens (tertiary/aromatic N) is 2. The van der Waals surface area contributed by atoms with Gasteiger partial charge in [0, 0.05) is 19.6 Å². The van der Waals surface area contributed by atoms with Gasteiger partial charge in [0.15, 0.2) is 0 Å². The zero-order chi connectivity index (χ0) is 16.0. The van der Waals surface area contributed by atoms with E-state index in [0.717, 1.165) is 51.8 Å². The van der Waals surface area contributed by atoms with Crippen LogP contribution in [0.25, 0.3) is 0 Å². The summed E-state index contributed by atoms with van der Waals surface area (Å²) in [7, 11) is 2.07. The Labute approximate surface area is 133 Å². The highest BCUT2D eigenvalue weighted by Gasteiger charge is 2.34. The predicted octanol–water partition coefficient (Wildman–Crippen LogP) is 0.638. The Hall–Kier alpha value is -1.16. The molecule has 1 heterocycles. The number of carbonyl (C=O) groups is 1. The molecule has 6 heteroatoms. The van der Waals surface area contributed by atoms with Crippen LogP contribution in [0.15, 0.2) is 0 Å². The third-order valence-corrected chi connectivity index (χ3v) is 4.67. The van der Waals surface area contributed by atoms with Crippen molar-refractivity contribution in [3.63, 3.8) is 0 Å². The highest BCUT2D eigenvalue weighted by Crippen LogP contribution is 2.27. The van der Waals surface area contributed by atoms with Gasteiger partial charge < -0.3 is 20.3 Å². The molecule has 1 aliphatic heterocycles. The molecule has 124 valence electrons. The second-order valence-corrected chi connectivity index (χ2v) is 6.63. The molecule has 1 saturated carbocycles. The van der Waals surface area contributed by atoms with E-state index in [1.165, 1.54) is 0 Å². The average Bonchev–Trinajstić information content (AvgIpc) is 2.53. The Balaban J connectivity index is 1.77. The number of carbonyl (C=O) groups excluding carboxylic acids is 1. The van der Waals surface area contributed by atoms with Gasteiger partial charge in [0.1, 0.15) is 5.54 Å². The third kappa shape index (κ3) is 4.67. The van der Waals surface area contributed by atoms with Crippen molar-refractivity contribution in [2.24, 2.45) is 0 Å². The normalized spacial score (nSPS) is 26.9. The van der Waals surface area contributed by atoms with Crippen LogP contribution in [-0.4, -0.2) is 61.8 Å². The second-order valence-electron chi connectivity index (χ2n) is 6.63. The van der Waals surface area contributed by atoms with Crippen LogP contribution in [0.5, 0.6) is 0 Å². The molecule has 2 aliphatic rings. The first-order valence-corrected chi connectivity index (χ1v) is 8.31. The fraction of sp³-hybridized carbons (Fsp3) is 0.875. The van der Waals surface area contributed by atoms with Gasteiger partial charge in [-0.15, -0.1) is 0 Å². The van der Waals surface area contributed by atoms with Gasteiger partial charge in [-0.05, 0) is 26.8 Å². The number of nitrogens with one attached hydrogen (secondary N) is 2. The lowest BCUT2D eigenvalue weighted by atomic mass is 9.82. The molecule has 0 spiro atoms. The average molecular weight is 308 g/mol. The minimum absolute atomic E-state index is 0.0902. The molecule has 2 N–H and O–H groups in total. The summed E-state index contributed by atoms with van der Waals surface area (Å²) in [5.74, 6) is -0.0902. The van der Waals surface area contributed by atoms with E-state index >= 15 is 0 Å². The molecule has 0 bridgehead atoms. The molecule has 1 amide bonds.